The molecule has 1 aromatic carbocycles. The molecule has 1 N–H and O–H groups in total. The SMILES string of the molecule is O=[N+]([O-])c1ccc(F)c(NCC2CCSC2)c1. The molecule has 0 saturated carbocycles. The number of anilines is 1. The van der Waals surface area contributed by atoms with Crippen molar-refractivity contribution in [1.29, 1.82) is 0 Å². The molecule has 1 aliphatic rings. The summed E-state index contributed by atoms with van der Waals surface area (Å²) in [6.07, 6.45) is 1.12. The molecule has 1 saturated heterocycles. The Morgan fingerprint density at radius 1 is 1.59 bits per heavy atom. The van der Waals surface area contributed by atoms with E-state index in [0.717, 1.165) is 24.0 Å². The van der Waals surface area contributed by atoms with Gasteiger partial charge in [0.2, 0.25) is 0 Å². The van der Waals surface area contributed by atoms with Crippen LogP contribution in [0.4, 0.5) is 15.8 Å². The largest absolute Gasteiger partial charge is 0.382 e. The molecule has 0 aliphatic carbocycles. The molecule has 1 heterocycles. The number of halogens is 1. The highest BCUT2D eigenvalue weighted by Crippen LogP contribution is 2.25. The van der Waals surface area contributed by atoms with Crippen molar-refractivity contribution in [3.8, 4) is 0 Å². The maximum atomic E-state index is 13.4. The minimum atomic E-state index is -0.518. The molecule has 1 unspecified atom stereocenters. The summed E-state index contributed by atoms with van der Waals surface area (Å²) in [7, 11) is 0. The molecule has 1 atom stereocenters. The molecular weight excluding hydrogens is 243 g/mol. The van der Waals surface area contributed by atoms with Gasteiger partial charge < -0.3 is 5.32 Å². The maximum Gasteiger partial charge on any atom is 0.271 e. The molecule has 92 valence electrons. The summed E-state index contributed by atoms with van der Waals surface area (Å²) in [4.78, 5) is 10.1. The molecular formula is C11H13FN2O2S. The average molecular weight is 256 g/mol. The highest BCUT2D eigenvalue weighted by Gasteiger charge is 2.16. The average Bonchev–Trinajstić information content (AvgIpc) is 2.80. The molecule has 1 aromatic rings. The van der Waals surface area contributed by atoms with Gasteiger partial charge in [-0.05, 0) is 29.9 Å². The molecule has 0 bridgehead atoms. The number of nitrogens with zero attached hydrogens (tertiary/aromatic N) is 1. The van der Waals surface area contributed by atoms with Gasteiger partial charge in [0.25, 0.3) is 5.69 Å². The van der Waals surface area contributed by atoms with Crippen molar-refractivity contribution in [2.45, 2.75) is 6.42 Å². The van der Waals surface area contributed by atoms with E-state index in [-0.39, 0.29) is 11.4 Å². The second kappa shape index (κ2) is 5.35. The highest BCUT2D eigenvalue weighted by molar-refractivity contribution is 7.99. The normalized spacial score (nSPS) is 19.2. The van der Waals surface area contributed by atoms with Gasteiger partial charge in [0, 0.05) is 18.7 Å². The second-order valence-electron chi connectivity index (χ2n) is 4.03. The first kappa shape index (κ1) is 12.2. The number of nitro groups is 1. The summed E-state index contributed by atoms with van der Waals surface area (Å²) in [5, 5.41) is 13.5. The van der Waals surface area contributed by atoms with Gasteiger partial charge >= 0.3 is 0 Å². The van der Waals surface area contributed by atoms with Crippen LogP contribution in [0.2, 0.25) is 0 Å². The number of thioether (sulfide) groups is 1. The minimum Gasteiger partial charge on any atom is -0.382 e. The third-order valence-electron chi connectivity index (χ3n) is 2.77. The third-order valence-corrected chi connectivity index (χ3v) is 4.00. The summed E-state index contributed by atoms with van der Waals surface area (Å²) < 4.78 is 13.4. The quantitative estimate of drug-likeness (QED) is 0.664. The Morgan fingerprint density at radius 2 is 2.41 bits per heavy atom. The molecule has 1 fully saturated rings. The van der Waals surface area contributed by atoms with E-state index in [1.165, 1.54) is 12.1 Å². The number of benzene rings is 1. The number of rotatable bonds is 4. The number of non-ortho nitro benzene ring substituents is 1. The molecule has 4 nitrogen and oxygen atoms in total. The van der Waals surface area contributed by atoms with Gasteiger partial charge in [0.1, 0.15) is 5.82 Å². The van der Waals surface area contributed by atoms with Crippen molar-refractivity contribution < 1.29 is 9.31 Å². The summed E-state index contributed by atoms with van der Waals surface area (Å²) in [6.45, 7) is 0.672. The fourth-order valence-electron chi connectivity index (χ4n) is 1.76. The van der Waals surface area contributed by atoms with Crippen LogP contribution in [0.1, 0.15) is 6.42 Å². The van der Waals surface area contributed by atoms with Crippen LogP contribution in [0.5, 0.6) is 0 Å². The van der Waals surface area contributed by atoms with Crippen LogP contribution < -0.4 is 5.32 Å². The van der Waals surface area contributed by atoms with Gasteiger partial charge in [-0.3, -0.25) is 10.1 Å². The second-order valence-corrected chi connectivity index (χ2v) is 5.18. The predicted octanol–water partition coefficient (Wildman–Crippen LogP) is 2.90. The van der Waals surface area contributed by atoms with Gasteiger partial charge in [-0.1, -0.05) is 0 Å². The van der Waals surface area contributed by atoms with Crippen molar-refractivity contribution in [3.63, 3.8) is 0 Å². The number of nitro benzene ring substituents is 1. The Bertz CT molecular complexity index is 422. The lowest BCUT2D eigenvalue weighted by molar-refractivity contribution is -0.384. The predicted molar refractivity (Wildman–Crippen MR) is 67.0 cm³/mol. The van der Waals surface area contributed by atoms with E-state index >= 15 is 0 Å². The Balaban J connectivity index is 2.03. The van der Waals surface area contributed by atoms with Crippen LogP contribution in [-0.2, 0) is 0 Å². The monoisotopic (exact) mass is 256 g/mol. The van der Waals surface area contributed by atoms with Crippen molar-refractivity contribution >= 4 is 23.1 Å². The summed E-state index contributed by atoms with van der Waals surface area (Å²) >= 11 is 1.89. The summed E-state index contributed by atoms with van der Waals surface area (Å²) in [6, 6.07) is 3.55. The first-order valence-corrected chi connectivity index (χ1v) is 6.58. The van der Waals surface area contributed by atoms with Gasteiger partial charge in [0.05, 0.1) is 10.6 Å². The lowest BCUT2D eigenvalue weighted by Crippen LogP contribution is -2.14. The molecule has 1 aliphatic heterocycles. The van der Waals surface area contributed by atoms with Crippen LogP contribution in [0.25, 0.3) is 0 Å². The van der Waals surface area contributed by atoms with Crippen molar-refractivity contribution in [2.24, 2.45) is 5.92 Å². The van der Waals surface area contributed by atoms with Crippen LogP contribution in [0, 0.1) is 21.8 Å². The van der Waals surface area contributed by atoms with E-state index in [9.17, 15) is 14.5 Å². The Hall–Kier alpha value is -1.30. The molecule has 17 heavy (non-hydrogen) atoms. The lowest BCUT2D eigenvalue weighted by Gasteiger charge is -2.11. The standard InChI is InChI=1S/C11H13FN2O2S/c12-10-2-1-9(14(15)16)5-11(10)13-6-8-3-4-17-7-8/h1-2,5,8,13H,3-4,6-7H2. The summed E-state index contributed by atoms with van der Waals surface area (Å²) in [5.41, 5.74) is 0.130. The Morgan fingerprint density at radius 3 is 3.06 bits per heavy atom. The number of nitrogens with one attached hydrogen (secondary N) is 1. The fraction of sp³-hybridized carbons (Fsp3) is 0.455. The number of hydrogen-bond acceptors (Lipinski definition) is 4. The van der Waals surface area contributed by atoms with E-state index in [0.29, 0.717) is 12.5 Å². The van der Waals surface area contributed by atoms with Gasteiger partial charge in [0.15, 0.2) is 0 Å². The molecule has 0 amide bonds. The first-order chi connectivity index (χ1) is 8.16. The van der Waals surface area contributed by atoms with E-state index < -0.39 is 10.7 Å². The third kappa shape index (κ3) is 3.09. The zero-order valence-corrected chi connectivity index (χ0v) is 10.0. The smallest absolute Gasteiger partial charge is 0.271 e. The van der Waals surface area contributed by atoms with Crippen LogP contribution in [0.3, 0.4) is 0 Å². The first-order valence-electron chi connectivity index (χ1n) is 5.42. The Labute approximate surface area is 103 Å². The van der Waals surface area contributed by atoms with E-state index in [2.05, 4.69) is 5.32 Å². The molecule has 6 heteroatoms. The van der Waals surface area contributed by atoms with Gasteiger partial charge in [-0.15, -0.1) is 0 Å². The van der Waals surface area contributed by atoms with E-state index in [4.69, 9.17) is 0 Å². The lowest BCUT2D eigenvalue weighted by atomic mass is 10.1. The molecule has 2 rings (SSSR count). The van der Waals surface area contributed by atoms with Crippen molar-refractivity contribution in [2.75, 3.05) is 23.4 Å². The topological polar surface area (TPSA) is 55.2 Å². The number of hydrogen-bond donors (Lipinski definition) is 1. The zero-order chi connectivity index (χ0) is 12.3. The van der Waals surface area contributed by atoms with Gasteiger partial charge in [-0.2, -0.15) is 11.8 Å². The zero-order valence-electron chi connectivity index (χ0n) is 9.19. The van der Waals surface area contributed by atoms with Crippen LogP contribution in [0.15, 0.2) is 18.2 Å². The maximum absolute atomic E-state index is 13.4. The highest BCUT2D eigenvalue weighted by atomic mass is 32.2. The summed E-state index contributed by atoms with van der Waals surface area (Å²) in [5.74, 6) is 2.30. The molecule has 0 radical (unpaired) electrons. The molecule has 0 aromatic heterocycles. The molecule has 0 spiro atoms. The minimum absolute atomic E-state index is 0.0882. The van der Waals surface area contributed by atoms with E-state index in [1.807, 2.05) is 11.8 Å². The van der Waals surface area contributed by atoms with Crippen molar-refractivity contribution in [1.82, 2.24) is 0 Å². The van der Waals surface area contributed by atoms with E-state index in [1.54, 1.807) is 0 Å². The van der Waals surface area contributed by atoms with Gasteiger partial charge in [-0.25, -0.2) is 4.39 Å². The van der Waals surface area contributed by atoms with Crippen molar-refractivity contribution in [3.05, 3.63) is 34.1 Å². The fourth-order valence-corrected chi connectivity index (χ4v) is 3.05. The Kier molecular flexibility index (Phi) is 3.83. The van der Waals surface area contributed by atoms with Crippen LogP contribution >= 0.6 is 11.8 Å². The van der Waals surface area contributed by atoms with Crippen LogP contribution in [-0.4, -0.2) is 23.0 Å².